The van der Waals surface area contributed by atoms with Crippen LogP contribution in [0.15, 0.2) is 35.7 Å². The second-order valence-corrected chi connectivity index (χ2v) is 8.75. The lowest BCUT2D eigenvalue weighted by Gasteiger charge is -2.38. The number of carbonyl (C=O) groups excluding carboxylic acids is 2. The number of hydrogen-bond donors (Lipinski definition) is 0. The van der Waals surface area contributed by atoms with Gasteiger partial charge in [0.05, 0.1) is 13.2 Å². The summed E-state index contributed by atoms with van der Waals surface area (Å²) < 4.78 is 11.5. The fourth-order valence-corrected chi connectivity index (χ4v) is 4.86. The highest BCUT2D eigenvalue weighted by molar-refractivity contribution is 7.10. The number of para-hydroxylation sites is 2. The Hall–Kier alpha value is -2.54. The van der Waals surface area contributed by atoms with Crippen molar-refractivity contribution in [3.05, 3.63) is 46.2 Å². The number of ether oxygens (including phenoxy) is 2. The van der Waals surface area contributed by atoms with Crippen LogP contribution in [0.4, 0.5) is 0 Å². The molecule has 7 heteroatoms. The van der Waals surface area contributed by atoms with Gasteiger partial charge in [0.25, 0.3) is 0 Å². The fraction of sp³-hybridized carbons (Fsp3) is 0.500. The lowest BCUT2D eigenvalue weighted by molar-refractivity contribution is -0.144. The predicted molar refractivity (Wildman–Crippen MR) is 123 cm³/mol. The molecule has 0 saturated carbocycles. The summed E-state index contributed by atoms with van der Waals surface area (Å²) in [6.07, 6.45) is 2.04. The zero-order chi connectivity index (χ0) is 22.4. The number of nitrogens with zero attached hydrogens (tertiary/aromatic N) is 2. The molecule has 6 nitrogen and oxygen atoms in total. The average molecular weight is 445 g/mol. The van der Waals surface area contributed by atoms with E-state index in [4.69, 9.17) is 9.47 Å². The Balaban J connectivity index is 1.80. The summed E-state index contributed by atoms with van der Waals surface area (Å²) in [4.78, 5) is 30.7. The van der Waals surface area contributed by atoms with Crippen LogP contribution in [0.5, 0.6) is 11.5 Å². The van der Waals surface area contributed by atoms with E-state index < -0.39 is 0 Å². The smallest absolute Gasteiger partial charge is 0.242 e. The molecule has 0 N–H and O–H groups in total. The van der Waals surface area contributed by atoms with E-state index in [1.54, 1.807) is 23.3 Å². The first-order chi connectivity index (χ1) is 15.0. The monoisotopic (exact) mass is 444 g/mol. The molecular formula is C24H32N2O4S. The summed E-state index contributed by atoms with van der Waals surface area (Å²) in [7, 11) is 1.61. The van der Waals surface area contributed by atoms with Crippen LogP contribution in [0.25, 0.3) is 0 Å². The highest BCUT2D eigenvalue weighted by Gasteiger charge is 2.34. The van der Waals surface area contributed by atoms with Gasteiger partial charge < -0.3 is 19.3 Å². The molecule has 2 heterocycles. The molecule has 0 bridgehead atoms. The van der Waals surface area contributed by atoms with E-state index in [1.165, 1.54) is 4.88 Å². The van der Waals surface area contributed by atoms with E-state index in [2.05, 4.69) is 11.4 Å². The van der Waals surface area contributed by atoms with Crippen LogP contribution in [0.3, 0.4) is 0 Å². The molecular weight excluding hydrogens is 412 g/mol. The molecule has 0 fully saturated rings. The predicted octanol–water partition coefficient (Wildman–Crippen LogP) is 4.30. The summed E-state index contributed by atoms with van der Waals surface area (Å²) in [5.74, 6) is 1.30. The second-order valence-electron chi connectivity index (χ2n) is 7.75. The largest absolute Gasteiger partial charge is 0.493 e. The van der Waals surface area contributed by atoms with Gasteiger partial charge in [-0.3, -0.25) is 9.59 Å². The Morgan fingerprint density at radius 1 is 1.23 bits per heavy atom. The van der Waals surface area contributed by atoms with Gasteiger partial charge >= 0.3 is 0 Å². The third kappa shape index (κ3) is 5.21. The Bertz CT molecular complexity index is 897. The number of carbonyl (C=O) groups is 2. The normalized spacial score (nSPS) is 16.4. The van der Waals surface area contributed by atoms with Crippen molar-refractivity contribution >= 4 is 23.2 Å². The molecule has 168 valence electrons. The van der Waals surface area contributed by atoms with Gasteiger partial charge in [-0.05, 0) is 48.9 Å². The summed E-state index contributed by atoms with van der Waals surface area (Å²) in [6.45, 7) is 6.93. The lowest BCUT2D eigenvalue weighted by atomic mass is 10.00. The topological polar surface area (TPSA) is 59.1 Å². The van der Waals surface area contributed by atoms with E-state index in [0.29, 0.717) is 31.1 Å². The third-order valence-electron chi connectivity index (χ3n) is 5.93. The molecule has 0 saturated heterocycles. The van der Waals surface area contributed by atoms with Gasteiger partial charge in [-0.25, -0.2) is 0 Å². The summed E-state index contributed by atoms with van der Waals surface area (Å²) in [5, 5.41) is 2.07. The lowest BCUT2D eigenvalue weighted by Crippen LogP contribution is -2.49. The molecule has 31 heavy (non-hydrogen) atoms. The fourth-order valence-electron chi connectivity index (χ4n) is 3.93. The van der Waals surface area contributed by atoms with Crippen molar-refractivity contribution in [2.24, 2.45) is 0 Å². The van der Waals surface area contributed by atoms with E-state index in [0.717, 1.165) is 18.4 Å². The number of amides is 2. The van der Waals surface area contributed by atoms with Gasteiger partial charge in [-0.1, -0.05) is 26.0 Å². The Labute approximate surface area is 188 Å². The van der Waals surface area contributed by atoms with Crippen molar-refractivity contribution in [2.75, 3.05) is 26.8 Å². The van der Waals surface area contributed by atoms with E-state index in [-0.39, 0.29) is 30.4 Å². The Kier molecular flexibility index (Phi) is 7.96. The highest BCUT2D eigenvalue weighted by atomic mass is 32.1. The average Bonchev–Trinajstić information content (AvgIpc) is 3.29. The third-order valence-corrected chi connectivity index (χ3v) is 6.93. The quantitative estimate of drug-likeness (QED) is 0.579. The molecule has 0 radical (unpaired) electrons. The molecule has 2 amide bonds. The maximum atomic E-state index is 13.4. The molecule has 0 aliphatic carbocycles. The van der Waals surface area contributed by atoms with Gasteiger partial charge in [-0.2, -0.15) is 0 Å². The number of rotatable bonds is 9. The number of hydrogen-bond acceptors (Lipinski definition) is 5. The minimum atomic E-state index is -0.192. The molecule has 3 rings (SSSR count). The van der Waals surface area contributed by atoms with Crippen LogP contribution >= 0.6 is 11.3 Å². The van der Waals surface area contributed by atoms with Crippen molar-refractivity contribution in [3.8, 4) is 11.5 Å². The number of thiophene rings is 1. The summed E-state index contributed by atoms with van der Waals surface area (Å²) in [5.41, 5.74) is 1.14. The first kappa shape index (κ1) is 23.1. The van der Waals surface area contributed by atoms with Crippen molar-refractivity contribution in [2.45, 2.75) is 52.1 Å². The van der Waals surface area contributed by atoms with Crippen LogP contribution in [0.1, 0.15) is 50.1 Å². The first-order valence-corrected chi connectivity index (χ1v) is 11.8. The first-order valence-electron chi connectivity index (χ1n) is 10.9. The number of benzene rings is 1. The minimum absolute atomic E-state index is 0.0118. The van der Waals surface area contributed by atoms with Crippen molar-refractivity contribution in [3.63, 3.8) is 0 Å². The minimum Gasteiger partial charge on any atom is -0.493 e. The van der Waals surface area contributed by atoms with Gasteiger partial charge in [0.15, 0.2) is 11.5 Å². The Morgan fingerprint density at radius 2 is 1.97 bits per heavy atom. The molecule has 0 spiro atoms. The Morgan fingerprint density at radius 3 is 2.65 bits per heavy atom. The summed E-state index contributed by atoms with van der Waals surface area (Å²) in [6, 6.07) is 9.44. The molecule has 1 aliphatic rings. The molecule has 2 aromatic rings. The van der Waals surface area contributed by atoms with Crippen LogP contribution < -0.4 is 9.47 Å². The molecule has 2 unspecified atom stereocenters. The maximum absolute atomic E-state index is 13.4. The zero-order valence-corrected chi connectivity index (χ0v) is 19.6. The molecule has 1 aromatic heterocycles. The number of fused-ring (bicyclic) bond motifs is 1. The van der Waals surface area contributed by atoms with Crippen molar-refractivity contribution in [1.29, 1.82) is 0 Å². The second kappa shape index (κ2) is 10.7. The maximum Gasteiger partial charge on any atom is 0.242 e. The van der Waals surface area contributed by atoms with Crippen molar-refractivity contribution in [1.82, 2.24) is 9.80 Å². The van der Waals surface area contributed by atoms with Crippen LogP contribution in [-0.2, 0) is 16.0 Å². The van der Waals surface area contributed by atoms with Crippen LogP contribution in [0.2, 0.25) is 0 Å². The molecule has 1 aromatic carbocycles. The van der Waals surface area contributed by atoms with E-state index in [9.17, 15) is 9.59 Å². The highest BCUT2D eigenvalue weighted by Crippen LogP contribution is 2.35. The zero-order valence-electron chi connectivity index (χ0n) is 18.8. The van der Waals surface area contributed by atoms with Gasteiger partial charge in [-0.15, -0.1) is 11.3 Å². The van der Waals surface area contributed by atoms with Crippen LogP contribution in [0, 0.1) is 0 Å². The molecule has 1 aliphatic heterocycles. The van der Waals surface area contributed by atoms with Crippen molar-refractivity contribution < 1.29 is 19.1 Å². The van der Waals surface area contributed by atoms with Gasteiger partial charge in [0.2, 0.25) is 11.8 Å². The number of methoxy groups -OCH3 is 1. The van der Waals surface area contributed by atoms with Gasteiger partial charge in [0, 0.05) is 23.9 Å². The summed E-state index contributed by atoms with van der Waals surface area (Å²) >= 11 is 1.72. The standard InChI is InChI=1S/C24H32N2O4S/c1-5-17(3)26(23(27)6-2)15-24(28)25-13-11-22-18(12-14-31-22)19(25)16-30-21-10-8-7-9-20(21)29-4/h7-10,12,14,17,19H,5-6,11,13,15-16H2,1-4H3. The van der Waals surface area contributed by atoms with E-state index in [1.807, 2.05) is 49.9 Å². The van der Waals surface area contributed by atoms with Gasteiger partial charge in [0.1, 0.15) is 13.2 Å². The van der Waals surface area contributed by atoms with E-state index >= 15 is 0 Å². The SMILES string of the molecule is CCC(=O)N(CC(=O)N1CCc2sccc2C1COc1ccccc1OC)C(C)CC. The van der Waals surface area contributed by atoms with Crippen LogP contribution in [-0.4, -0.2) is 54.5 Å². The molecule has 2 atom stereocenters.